The predicted octanol–water partition coefficient (Wildman–Crippen LogP) is -0.0869. The van der Waals surface area contributed by atoms with Crippen molar-refractivity contribution in [3.8, 4) is 5.75 Å². The van der Waals surface area contributed by atoms with Crippen LogP contribution in [0.3, 0.4) is 0 Å². The Morgan fingerprint density at radius 3 is 3.00 bits per heavy atom. The lowest BCUT2D eigenvalue weighted by Gasteiger charge is -2.23. The van der Waals surface area contributed by atoms with Crippen molar-refractivity contribution >= 4 is 15.8 Å². The van der Waals surface area contributed by atoms with Crippen molar-refractivity contribution in [3.63, 3.8) is 0 Å². The molecule has 0 radical (unpaired) electrons. The molecule has 1 atom stereocenters. The molecular formula is C14H21N3O4S. The topological polar surface area (TPSA) is 103 Å². The van der Waals surface area contributed by atoms with Crippen LogP contribution in [-0.2, 0) is 21.1 Å². The summed E-state index contributed by atoms with van der Waals surface area (Å²) in [5.41, 5.74) is 6.71. The molecule has 1 aliphatic heterocycles. The highest BCUT2D eigenvalue weighted by Crippen LogP contribution is 2.17. The van der Waals surface area contributed by atoms with E-state index in [1.165, 1.54) is 0 Å². The molecule has 0 bridgehead atoms. The Morgan fingerprint density at radius 2 is 2.27 bits per heavy atom. The molecule has 122 valence electrons. The first-order valence-corrected chi connectivity index (χ1v) is 8.80. The van der Waals surface area contributed by atoms with E-state index in [0.29, 0.717) is 13.1 Å². The summed E-state index contributed by atoms with van der Waals surface area (Å²) in [7, 11) is -1.40. The average molecular weight is 327 g/mol. The molecule has 1 aliphatic rings. The van der Waals surface area contributed by atoms with Gasteiger partial charge in [-0.05, 0) is 6.07 Å². The third-order valence-electron chi connectivity index (χ3n) is 3.31. The molecule has 3 N–H and O–H groups in total. The maximum Gasteiger partial charge on any atom is 0.189 e. The number of guanidine groups is 1. The summed E-state index contributed by atoms with van der Waals surface area (Å²) < 4.78 is 33.6. The largest absolute Gasteiger partial charge is 0.496 e. The molecule has 0 aliphatic carbocycles. The van der Waals surface area contributed by atoms with E-state index in [9.17, 15) is 8.42 Å². The Balaban J connectivity index is 1.85. The van der Waals surface area contributed by atoms with Gasteiger partial charge in [0.2, 0.25) is 0 Å². The molecule has 1 aromatic carbocycles. The van der Waals surface area contributed by atoms with Crippen molar-refractivity contribution in [3.05, 3.63) is 29.8 Å². The summed E-state index contributed by atoms with van der Waals surface area (Å²) in [4.78, 5) is 4.22. The Labute approximate surface area is 130 Å². The molecule has 0 saturated carbocycles. The van der Waals surface area contributed by atoms with Crippen LogP contribution in [0.2, 0.25) is 0 Å². The first-order chi connectivity index (χ1) is 10.5. The highest BCUT2D eigenvalue weighted by atomic mass is 32.2. The van der Waals surface area contributed by atoms with Gasteiger partial charge in [-0.2, -0.15) is 0 Å². The molecule has 22 heavy (non-hydrogen) atoms. The van der Waals surface area contributed by atoms with Gasteiger partial charge in [0.1, 0.15) is 5.75 Å². The SMILES string of the molecule is COc1ccccc1CN=C(N)NCC1CS(=O)(=O)CCO1. The summed E-state index contributed by atoms with van der Waals surface area (Å²) in [6.45, 7) is 0.931. The molecule has 2 rings (SSSR count). The minimum Gasteiger partial charge on any atom is -0.496 e. The maximum absolute atomic E-state index is 11.5. The quantitative estimate of drug-likeness (QED) is 0.579. The maximum atomic E-state index is 11.5. The molecule has 8 heteroatoms. The molecule has 0 amide bonds. The third-order valence-corrected chi connectivity index (χ3v) is 4.98. The fourth-order valence-electron chi connectivity index (χ4n) is 2.15. The van der Waals surface area contributed by atoms with Crippen molar-refractivity contribution in [1.82, 2.24) is 5.32 Å². The molecule has 1 aromatic rings. The van der Waals surface area contributed by atoms with Gasteiger partial charge in [-0.3, -0.25) is 0 Å². The molecule has 1 heterocycles. The van der Waals surface area contributed by atoms with Crippen LogP contribution in [0, 0.1) is 0 Å². The summed E-state index contributed by atoms with van der Waals surface area (Å²) in [6.07, 6.45) is -0.390. The molecule has 0 spiro atoms. The standard InChI is InChI=1S/C14H21N3O4S/c1-20-13-5-3-2-4-11(13)8-16-14(15)17-9-12-10-22(18,19)7-6-21-12/h2-5,12H,6-10H2,1H3,(H3,15,16,17). The third kappa shape index (κ3) is 4.88. The normalized spacial score (nSPS) is 21.3. The lowest BCUT2D eigenvalue weighted by molar-refractivity contribution is 0.0748. The van der Waals surface area contributed by atoms with E-state index in [1.807, 2.05) is 24.3 Å². The average Bonchev–Trinajstić information content (AvgIpc) is 2.50. The summed E-state index contributed by atoms with van der Waals surface area (Å²) in [6, 6.07) is 7.55. The summed E-state index contributed by atoms with van der Waals surface area (Å²) in [5, 5.41) is 2.90. The lowest BCUT2D eigenvalue weighted by atomic mass is 10.2. The van der Waals surface area contributed by atoms with Crippen LogP contribution < -0.4 is 15.8 Å². The van der Waals surface area contributed by atoms with Gasteiger partial charge in [-0.25, -0.2) is 13.4 Å². The first kappa shape index (κ1) is 16.6. The second-order valence-electron chi connectivity index (χ2n) is 5.00. The van der Waals surface area contributed by atoms with Gasteiger partial charge in [0.25, 0.3) is 0 Å². The second kappa shape index (κ2) is 7.46. The fraction of sp³-hybridized carbons (Fsp3) is 0.500. The van der Waals surface area contributed by atoms with Crippen molar-refractivity contribution in [1.29, 1.82) is 0 Å². The van der Waals surface area contributed by atoms with E-state index in [2.05, 4.69) is 10.3 Å². The number of methoxy groups -OCH3 is 1. The number of sulfone groups is 1. The summed E-state index contributed by atoms with van der Waals surface area (Å²) in [5.74, 6) is 1.10. The van der Waals surface area contributed by atoms with Crippen molar-refractivity contribution in [2.24, 2.45) is 10.7 Å². The van der Waals surface area contributed by atoms with Gasteiger partial charge in [0.15, 0.2) is 15.8 Å². The minimum atomic E-state index is -3.01. The van der Waals surface area contributed by atoms with Crippen LogP contribution >= 0.6 is 0 Å². The highest BCUT2D eigenvalue weighted by molar-refractivity contribution is 7.91. The van der Waals surface area contributed by atoms with Crippen LogP contribution in [0.5, 0.6) is 5.75 Å². The number of hydrogen-bond donors (Lipinski definition) is 2. The monoisotopic (exact) mass is 327 g/mol. The minimum absolute atomic E-state index is 0.0137. The van der Waals surface area contributed by atoms with Gasteiger partial charge in [-0.1, -0.05) is 18.2 Å². The Hall–Kier alpha value is -1.80. The number of rotatable bonds is 5. The van der Waals surface area contributed by atoms with Crippen molar-refractivity contribution < 1.29 is 17.9 Å². The zero-order valence-electron chi connectivity index (χ0n) is 12.5. The fourth-order valence-corrected chi connectivity index (χ4v) is 3.45. The van der Waals surface area contributed by atoms with Crippen LogP contribution in [0.15, 0.2) is 29.3 Å². The van der Waals surface area contributed by atoms with Crippen LogP contribution in [0.25, 0.3) is 0 Å². The number of nitrogens with two attached hydrogens (primary N) is 1. The Kier molecular flexibility index (Phi) is 5.62. The van der Waals surface area contributed by atoms with E-state index in [-0.39, 0.29) is 24.1 Å². The van der Waals surface area contributed by atoms with Crippen molar-refractivity contribution in [2.75, 3.05) is 31.8 Å². The molecular weight excluding hydrogens is 306 g/mol. The number of nitrogens with zero attached hydrogens (tertiary/aromatic N) is 1. The number of nitrogens with one attached hydrogen (secondary N) is 1. The molecule has 1 saturated heterocycles. The number of hydrogen-bond acceptors (Lipinski definition) is 5. The van der Waals surface area contributed by atoms with Gasteiger partial charge >= 0.3 is 0 Å². The first-order valence-electron chi connectivity index (χ1n) is 6.98. The van der Waals surface area contributed by atoms with E-state index in [1.54, 1.807) is 7.11 Å². The van der Waals surface area contributed by atoms with Gasteiger partial charge < -0.3 is 20.5 Å². The second-order valence-corrected chi connectivity index (χ2v) is 7.23. The van der Waals surface area contributed by atoms with Gasteiger partial charge in [-0.15, -0.1) is 0 Å². The van der Waals surface area contributed by atoms with E-state index >= 15 is 0 Å². The molecule has 1 fully saturated rings. The lowest BCUT2D eigenvalue weighted by Crippen LogP contribution is -2.44. The smallest absolute Gasteiger partial charge is 0.189 e. The molecule has 0 aromatic heterocycles. The zero-order valence-corrected chi connectivity index (χ0v) is 13.3. The van der Waals surface area contributed by atoms with Gasteiger partial charge in [0, 0.05) is 12.1 Å². The number of para-hydroxylation sites is 1. The number of benzene rings is 1. The van der Waals surface area contributed by atoms with E-state index in [0.717, 1.165) is 11.3 Å². The number of aliphatic imine (C=N–C) groups is 1. The predicted molar refractivity (Wildman–Crippen MR) is 84.7 cm³/mol. The number of ether oxygens (including phenoxy) is 2. The van der Waals surface area contributed by atoms with Crippen LogP contribution in [0.1, 0.15) is 5.56 Å². The molecule has 7 nitrogen and oxygen atoms in total. The Bertz CT molecular complexity index is 631. The van der Waals surface area contributed by atoms with E-state index < -0.39 is 15.9 Å². The van der Waals surface area contributed by atoms with Crippen LogP contribution in [-0.4, -0.2) is 52.2 Å². The highest BCUT2D eigenvalue weighted by Gasteiger charge is 2.25. The zero-order chi connectivity index (χ0) is 16.0. The Morgan fingerprint density at radius 1 is 1.50 bits per heavy atom. The van der Waals surface area contributed by atoms with Crippen molar-refractivity contribution in [2.45, 2.75) is 12.6 Å². The van der Waals surface area contributed by atoms with Crippen LogP contribution in [0.4, 0.5) is 0 Å². The van der Waals surface area contributed by atoms with E-state index in [4.69, 9.17) is 15.2 Å². The molecule has 1 unspecified atom stereocenters. The van der Waals surface area contributed by atoms with Gasteiger partial charge in [0.05, 0.1) is 37.9 Å². The summed E-state index contributed by atoms with van der Waals surface area (Å²) >= 11 is 0.